The molecule has 2 aromatic rings. The molecule has 0 aliphatic heterocycles. The third-order valence-corrected chi connectivity index (χ3v) is 7.04. The van der Waals surface area contributed by atoms with Crippen molar-refractivity contribution in [1.82, 2.24) is 0 Å². The highest BCUT2D eigenvalue weighted by Gasteiger charge is 2.20. The number of oxime groups is 1. The van der Waals surface area contributed by atoms with Gasteiger partial charge in [0.15, 0.2) is 21.5 Å². The minimum Gasteiger partial charge on any atom is -0.437 e. The Morgan fingerprint density at radius 1 is 0.943 bits per heavy atom. The molecule has 0 heterocycles. The number of rotatable bonds is 13. The Hall–Kier alpha value is -3.44. The molecule has 0 spiro atoms. The lowest BCUT2D eigenvalue weighted by molar-refractivity contribution is 0.103. The molecule has 10 nitrogen and oxygen atoms in total. The summed E-state index contributed by atoms with van der Waals surface area (Å²) in [6, 6.07) is 9.50. The molecule has 2 aromatic carbocycles. The second-order valence-electron chi connectivity index (χ2n) is 7.68. The summed E-state index contributed by atoms with van der Waals surface area (Å²) in [7, 11) is -0.704. The number of nitrogens with two attached hydrogens (primary N) is 1. The summed E-state index contributed by atoms with van der Waals surface area (Å²) in [5.41, 5.74) is 5.96. The smallest absolute Gasteiger partial charge is 0.437 e. The van der Waals surface area contributed by atoms with Gasteiger partial charge >= 0.3 is 6.16 Å². The van der Waals surface area contributed by atoms with Crippen molar-refractivity contribution in [3.8, 4) is 5.75 Å². The van der Waals surface area contributed by atoms with E-state index in [1.54, 1.807) is 7.11 Å². The number of sulfone groups is 1. The highest BCUT2D eigenvalue weighted by atomic mass is 32.2. The summed E-state index contributed by atoms with van der Waals surface area (Å²) < 4.78 is 39.7. The monoisotopic (exact) mass is 506 g/mol. The topological polar surface area (TPSA) is 155 Å². The van der Waals surface area contributed by atoms with E-state index < -0.39 is 21.8 Å². The van der Waals surface area contributed by atoms with Gasteiger partial charge in [-0.3, -0.25) is 4.79 Å². The molecule has 3 N–H and O–H groups in total. The number of nitrogens with zero attached hydrogens (tertiary/aromatic N) is 1. The third-order valence-electron chi connectivity index (χ3n) is 5.22. The maximum Gasteiger partial charge on any atom is 0.513 e. The summed E-state index contributed by atoms with van der Waals surface area (Å²) in [5, 5.41) is 12.0. The average molecular weight is 507 g/mol. The van der Waals surface area contributed by atoms with Gasteiger partial charge in [0.1, 0.15) is 5.75 Å². The van der Waals surface area contributed by atoms with Crippen molar-refractivity contribution in [3.63, 3.8) is 0 Å². The standard InChI is InChI=1S/C24H30N2O8S/c1-32-14-6-4-3-5-7-15-35(30,31)19-11-8-17(9-12-19)22(27)21-16-18(34-24(28)33-2)10-13-20(21)23(25)26-29/h8-13,16,29H,3-7,14-15H2,1-2H3,(H2,25,26). The van der Waals surface area contributed by atoms with Gasteiger partial charge in [0.25, 0.3) is 0 Å². The van der Waals surface area contributed by atoms with E-state index in [2.05, 4.69) is 9.89 Å². The molecule has 0 saturated carbocycles. The SMILES string of the molecule is COCCCCCCCS(=O)(=O)c1ccc(C(=O)c2cc(OC(=O)OC)ccc2C(N)=NO)cc1. The number of hydrogen-bond acceptors (Lipinski definition) is 9. The van der Waals surface area contributed by atoms with Crippen molar-refractivity contribution in [2.45, 2.75) is 37.0 Å². The zero-order valence-corrected chi connectivity index (χ0v) is 20.5. The van der Waals surface area contributed by atoms with Crippen LogP contribution in [0.2, 0.25) is 0 Å². The van der Waals surface area contributed by atoms with Gasteiger partial charge in [-0.05, 0) is 55.3 Å². The number of amidine groups is 1. The van der Waals surface area contributed by atoms with Gasteiger partial charge < -0.3 is 25.2 Å². The largest absolute Gasteiger partial charge is 0.513 e. The Balaban J connectivity index is 2.17. The second kappa shape index (κ2) is 13.4. The molecule has 35 heavy (non-hydrogen) atoms. The average Bonchev–Trinajstić information content (AvgIpc) is 2.87. The van der Waals surface area contributed by atoms with E-state index in [0.717, 1.165) is 32.8 Å². The molecule has 11 heteroatoms. The molecule has 0 amide bonds. The van der Waals surface area contributed by atoms with Gasteiger partial charge in [-0.2, -0.15) is 0 Å². The molecule has 0 atom stereocenters. The molecule has 0 aromatic heterocycles. The first-order chi connectivity index (χ1) is 16.7. The van der Waals surface area contributed by atoms with Crippen LogP contribution in [-0.2, 0) is 19.3 Å². The van der Waals surface area contributed by atoms with Gasteiger partial charge in [0.2, 0.25) is 0 Å². The Labute approximate surface area is 204 Å². The van der Waals surface area contributed by atoms with E-state index in [9.17, 15) is 18.0 Å². The quantitative estimate of drug-likeness (QED) is 0.0606. The van der Waals surface area contributed by atoms with Crippen LogP contribution in [0.1, 0.15) is 53.6 Å². The summed E-state index contributed by atoms with van der Waals surface area (Å²) in [6.45, 7) is 0.701. The Morgan fingerprint density at radius 2 is 1.60 bits per heavy atom. The molecule has 0 bridgehead atoms. The lowest BCUT2D eigenvalue weighted by Gasteiger charge is -2.11. The predicted molar refractivity (Wildman–Crippen MR) is 129 cm³/mol. The van der Waals surface area contributed by atoms with Gasteiger partial charge in [0, 0.05) is 30.4 Å². The van der Waals surface area contributed by atoms with Gasteiger partial charge in [0.05, 0.1) is 17.8 Å². The maximum atomic E-state index is 13.2. The Kier molecular flexibility index (Phi) is 10.7. The van der Waals surface area contributed by atoms with Crippen molar-refractivity contribution in [2.24, 2.45) is 10.9 Å². The molecule has 190 valence electrons. The van der Waals surface area contributed by atoms with Crippen LogP contribution in [0.15, 0.2) is 52.5 Å². The van der Waals surface area contributed by atoms with Crippen LogP contribution in [0.4, 0.5) is 4.79 Å². The molecule has 0 radical (unpaired) electrons. The van der Waals surface area contributed by atoms with Crippen LogP contribution in [0.25, 0.3) is 0 Å². The molecule has 0 unspecified atom stereocenters. The molecule has 2 rings (SSSR count). The van der Waals surface area contributed by atoms with E-state index >= 15 is 0 Å². The molecular formula is C24H30N2O8S. The van der Waals surface area contributed by atoms with Crippen LogP contribution in [-0.4, -0.2) is 58.0 Å². The maximum absolute atomic E-state index is 13.2. The van der Waals surface area contributed by atoms with E-state index in [1.807, 2.05) is 0 Å². The van der Waals surface area contributed by atoms with Crippen molar-refractivity contribution >= 4 is 27.6 Å². The van der Waals surface area contributed by atoms with Crippen LogP contribution < -0.4 is 10.5 Å². The molecule has 0 saturated heterocycles. The fourth-order valence-corrected chi connectivity index (χ4v) is 4.72. The van der Waals surface area contributed by atoms with Gasteiger partial charge in [-0.15, -0.1) is 0 Å². The van der Waals surface area contributed by atoms with Gasteiger partial charge in [-0.1, -0.05) is 24.4 Å². The normalized spacial score (nSPS) is 11.8. The highest BCUT2D eigenvalue weighted by Crippen LogP contribution is 2.23. The number of methoxy groups -OCH3 is 2. The first-order valence-electron chi connectivity index (χ1n) is 11.0. The third kappa shape index (κ3) is 8.08. The number of benzene rings is 2. The predicted octanol–water partition coefficient (Wildman–Crippen LogP) is 3.53. The fourth-order valence-electron chi connectivity index (χ4n) is 3.35. The van der Waals surface area contributed by atoms with Crippen molar-refractivity contribution in [1.29, 1.82) is 0 Å². The summed E-state index contributed by atoms with van der Waals surface area (Å²) in [6.07, 6.45) is 3.25. The molecule has 0 aliphatic rings. The van der Waals surface area contributed by atoms with Gasteiger partial charge in [-0.25, -0.2) is 13.2 Å². The summed E-state index contributed by atoms with van der Waals surface area (Å²) in [4.78, 5) is 24.7. The van der Waals surface area contributed by atoms with E-state index in [1.165, 1.54) is 42.5 Å². The second-order valence-corrected chi connectivity index (χ2v) is 9.79. The minimum atomic E-state index is -3.49. The Morgan fingerprint density at radius 3 is 2.23 bits per heavy atom. The van der Waals surface area contributed by atoms with Crippen LogP contribution in [0, 0.1) is 0 Å². The number of unbranched alkanes of at least 4 members (excludes halogenated alkanes) is 4. The summed E-state index contributed by atoms with van der Waals surface area (Å²) in [5.74, 6) is -0.831. The fraction of sp³-hybridized carbons (Fsp3) is 0.375. The number of carbonyl (C=O) groups excluding carboxylic acids is 2. The van der Waals surface area contributed by atoms with Crippen LogP contribution in [0.5, 0.6) is 5.75 Å². The van der Waals surface area contributed by atoms with E-state index in [4.69, 9.17) is 20.4 Å². The first-order valence-corrected chi connectivity index (χ1v) is 12.6. The lowest BCUT2D eigenvalue weighted by Crippen LogP contribution is -2.19. The Bertz CT molecular complexity index is 1140. The van der Waals surface area contributed by atoms with Crippen molar-refractivity contribution in [2.75, 3.05) is 26.6 Å². The zero-order chi connectivity index (χ0) is 25.8. The molecular weight excluding hydrogens is 476 g/mol. The highest BCUT2D eigenvalue weighted by molar-refractivity contribution is 7.91. The number of carbonyl (C=O) groups is 2. The minimum absolute atomic E-state index is 0.00853. The number of hydrogen-bond donors (Lipinski definition) is 2. The van der Waals surface area contributed by atoms with Crippen molar-refractivity contribution in [3.05, 3.63) is 59.2 Å². The van der Waals surface area contributed by atoms with Crippen LogP contribution in [0.3, 0.4) is 0 Å². The van der Waals surface area contributed by atoms with Crippen LogP contribution >= 0.6 is 0 Å². The first kappa shape index (κ1) is 27.8. The number of ketones is 1. The lowest BCUT2D eigenvalue weighted by atomic mass is 9.97. The van der Waals surface area contributed by atoms with Crippen molar-refractivity contribution < 1.29 is 37.4 Å². The van der Waals surface area contributed by atoms with E-state index in [0.29, 0.717) is 13.0 Å². The molecule has 0 fully saturated rings. The molecule has 0 aliphatic carbocycles. The summed E-state index contributed by atoms with van der Waals surface area (Å²) >= 11 is 0. The number of ether oxygens (including phenoxy) is 3. The zero-order valence-electron chi connectivity index (χ0n) is 19.7. The van der Waals surface area contributed by atoms with E-state index in [-0.39, 0.29) is 38.9 Å².